The van der Waals surface area contributed by atoms with Gasteiger partial charge in [-0.15, -0.1) is 6.42 Å². The fraction of sp³-hybridized carbons (Fsp3) is 0. The van der Waals surface area contributed by atoms with Crippen LogP contribution in [0.15, 0.2) is 12.7 Å². The predicted molar refractivity (Wildman–Crippen MR) is 50.1 cm³/mol. The van der Waals surface area contributed by atoms with E-state index in [0.717, 1.165) is 0 Å². The molecule has 0 saturated carbocycles. The average Bonchev–Trinajstić information content (AvgIpc) is 2.10. The Morgan fingerprint density at radius 3 is 1.83 bits per heavy atom. The second-order valence-electron chi connectivity index (χ2n) is 1.37. The second-order valence-corrected chi connectivity index (χ2v) is 1.37. The molecule has 0 aliphatic heterocycles. The quantitative estimate of drug-likeness (QED) is 0.446. The van der Waals surface area contributed by atoms with Gasteiger partial charge < -0.3 is 0 Å². The summed E-state index contributed by atoms with van der Waals surface area (Å²) in [6, 6.07) is 0. The molecule has 0 aromatic carbocycles. The first-order valence-corrected chi connectivity index (χ1v) is 2.99. The number of allylic oxidation sites excluding steroid dienone is 1. The summed E-state index contributed by atoms with van der Waals surface area (Å²) in [7, 11) is 0. The van der Waals surface area contributed by atoms with Crippen molar-refractivity contribution in [2.75, 3.05) is 0 Å². The lowest BCUT2D eigenvalue weighted by atomic mass is 10.5. The highest BCUT2D eigenvalue weighted by Gasteiger charge is 1.54. The third kappa shape index (κ3) is 7.54. The largest absolute Gasteiger partial charge is 0.106 e. The molecule has 0 saturated heterocycles. The Hall–Kier alpha value is -2.46. The molecule has 0 fully saturated rings. The maximum atomic E-state index is 4.85. The number of rotatable bonds is 0. The molecule has 0 aromatic rings. The maximum absolute atomic E-state index is 4.85. The third-order valence-electron chi connectivity index (χ3n) is 0.621. The van der Waals surface area contributed by atoms with Crippen LogP contribution in [0.1, 0.15) is 0 Å². The van der Waals surface area contributed by atoms with E-state index in [1.165, 1.54) is 6.08 Å². The smallest absolute Gasteiger partial charge is 0.000000347 e. The van der Waals surface area contributed by atoms with Crippen molar-refractivity contribution in [1.29, 1.82) is 0 Å². The van der Waals surface area contributed by atoms with Crippen molar-refractivity contribution in [3.63, 3.8) is 0 Å². The molecule has 0 aliphatic carbocycles. The maximum Gasteiger partial charge on any atom is -0.000000347 e. The monoisotopic (exact) mass is 148 g/mol. The summed E-state index contributed by atoms with van der Waals surface area (Å²) in [5, 5.41) is 0. The van der Waals surface area contributed by atoms with Crippen molar-refractivity contribution < 1.29 is 0 Å². The molecule has 0 amide bonds. The molecule has 0 bridgehead atoms. The first-order valence-electron chi connectivity index (χ1n) is 2.99. The van der Waals surface area contributed by atoms with Gasteiger partial charge in [-0.05, 0) is 53.4 Å². The molecule has 0 heterocycles. The molecule has 0 radical (unpaired) electrons. The highest BCUT2D eigenvalue weighted by molar-refractivity contribution is 5.42. The minimum Gasteiger partial charge on any atom is -0.106 e. The van der Waals surface area contributed by atoms with E-state index in [0.29, 0.717) is 0 Å². The van der Waals surface area contributed by atoms with Crippen molar-refractivity contribution in [1.82, 2.24) is 0 Å². The van der Waals surface area contributed by atoms with E-state index in [1.807, 2.05) is 0 Å². The molecule has 0 unspecified atom stereocenters. The van der Waals surface area contributed by atoms with Crippen LogP contribution in [0, 0.1) is 59.7 Å². The van der Waals surface area contributed by atoms with E-state index in [1.54, 1.807) is 0 Å². The Kier molecular flexibility index (Phi) is 6.79. The van der Waals surface area contributed by atoms with E-state index < -0.39 is 0 Å². The third-order valence-corrected chi connectivity index (χ3v) is 0.621. The summed E-state index contributed by atoms with van der Waals surface area (Å²) in [6.45, 7) is 3.40. The van der Waals surface area contributed by atoms with Crippen LogP contribution in [0.3, 0.4) is 0 Å². The van der Waals surface area contributed by atoms with Crippen LogP contribution < -0.4 is 0 Å². The summed E-state index contributed by atoms with van der Waals surface area (Å²) in [4.78, 5) is 0. The Balaban J connectivity index is 4.09. The van der Waals surface area contributed by atoms with E-state index in [4.69, 9.17) is 6.42 Å². The zero-order valence-electron chi connectivity index (χ0n) is 6.36. The minimum absolute atomic E-state index is 1.46. The first-order chi connectivity index (χ1) is 5.91. The summed E-state index contributed by atoms with van der Waals surface area (Å²) in [5.41, 5.74) is 0. The van der Waals surface area contributed by atoms with Crippen molar-refractivity contribution >= 4 is 0 Å². The van der Waals surface area contributed by atoms with Crippen LogP contribution in [0.5, 0.6) is 0 Å². The summed E-state index contributed by atoms with van der Waals surface area (Å²) in [6.07, 6.45) is 6.31. The molecule has 52 valence electrons. The van der Waals surface area contributed by atoms with Crippen molar-refractivity contribution in [2.24, 2.45) is 0 Å². The Morgan fingerprint density at radius 1 is 0.833 bits per heavy atom. The van der Waals surface area contributed by atoms with Crippen LogP contribution in [-0.2, 0) is 0 Å². The Morgan fingerprint density at radius 2 is 1.33 bits per heavy atom. The number of hydrogen-bond acceptors (Lipinski definition) is 0. The van der Waals surface area contributed by atoms with Crippen LogP contribution in [0.4, 0.5) is 0 Å². The van der Waals surface area contributed by atoms with Gasteiger partial charge in [-0.1, -0.05) is 12.5 Å². The van der Waals surface area contributed by atoms with E-state index in [9.17, 15) is 0 Å². The van der Waals surface area contributed by atoms with Gasteiger partial charge in [0, 0.05) is 0 Å². The second kappa shape index (κ2) is 8.54. The van der Waals surface area contributed by atoms with Gasteiger partial charge in [0.2, 0.25) is 0 Å². The van der Waals surface area contributed by atoms with Gasteiger partial charge in [0.25, 0.3) is 0 Å². The van der Waals surface area contributed by atoms with E-state index in [2.05, 4.69) is 59.9 Å². The number of terminal acetylenes is 1. The zero-order valence-corrected chi connectivity index (χ0v) is 6.36. The highest BCUT2D eigenvalue weighted by atomic mass is 13.6. The fourth-order valence-corrected chi connectivity index (χ4v) is 0.279. The van der Waals surface area contributed by atoms with Gasteiger partial charge in [0.15, 0.2) is 0 Å². The van der Waals surface area contributed by atoms with Crippen molar-refractivity contribution in [2.45, 2.75) is 0 Å². The van der Waals surface area contributed by atoms with E-state index in [-0.39, 0.29) is 0 Å². The Labute approximate surface area is 73.1 Å². The molecule has 0 aromatic heterocycles. The lowest BCUT2D eigenvalue weighted by Crippen LogP contribution is -1.53. The lowest BCUT2D eigenvalue weighted by Gasteiger charge is -1.55. The SMILES string of the molecule is C#CC#CC#CC#CC#CC=C. The molecular weight excluding hydrogens is 144 g/mol. The van der Waals surface area contributed by atoms with Crippen LogP contribution >= 0.6 is 0 Å². The molecular formula is C12H4. The molecule has 0 aliphatic rings. The highest BCUT2D eigenvalue weighted by Crippen LogP contribution is 1.56. The normalized spacial score (nSPS) is 3.92. The van der Waals surface area contributed by atoms with Gasteiger partial charge in [-0.3, -0.25) is 0 Å². The first kappa shape index (κ1) is 9.54. The zero-order chi connectivity index (χ0) is 9.07. The lowest BCUT2D eigenvalue weighted by molar-refractivity contribution is 2.27. The number of hydrogen-bond donors (Lipinski definition) is 0. The average molecular weight is 148 g/mol. The van der Waals surface area contributed by atoms with Gasteiger partial charge in [-0.2, -0.15) is 0 Å². The molecule has 0 heteroatoms. The molecule has 0 nitrogen and oxygen atoms in total. The van der Waals surface area contributed by atoms with E-state index >= 15 is 0 Å². The molecule has 0 spiro atoms. The van der Waals surface area contributed by atoms with Gasteiger partial charge in [0.05, 0.1) is 0 Å². The molecule has 0 N–H and O–H groups in total. The van der Waals surface area contributed by atoms with Crippen molar-refractivity contribution in [3.05, 3.63) is 12.7 Å². The Bertz CT molecular complexity index is 426. The summed E-state index contributed by atoms with van der Waals surface area (Å²) in [5.74, 6) is 21.8. The minimum atomic E-state index is 1.46. The van der Waals surface area contributed by atoms with Gasteiger partial charge >= 0.3 is 0 Å². The summed E-state index contributed by atoms with van der Waals surface area (Å²) < 4.78 is 0. The summed E-state index contributed by atoms with van der Waals surface area (Å²) >= 11 is 0. The standard InChI is InChI=1S/C12H4/c1-3-5-7-9-11-12-10-8-6-4-2/h1,4H,2H2. The molecule has 0 atom stereocenters. The van der Waals surface area contributed by atoms with Crippen LogP contribution in [0.25, 0.3) is 0 Å². The fourth-order valence-electron chi connectivity index (χ4n) is 0.279. The van der Waals surface area contributed by atoms with Crippen LogP contribution in [-0.4, -0.2) is 0 Å². The van der Waals surface area contributed by atoms with Crippen LogP contribution in [0.2, 0.25) is 0 Å². The molecule has 12 heavy (non-hydrogen) atoms. The van der Waals surface area contributed by atoms with Crippen molar-refractivity contribution in [3.8, 4) is 59.7 Å². The topological polar surface area (TPSA) is 0 Å². The predicted octanol–water partition coefficient (Wildman–Crippen LogP) is 0.819. The van der Waals surface area contributed by atoms with Gasteiger partial charge in [0.1, 0.15) is 0 Å². The molecule has 0 rings (SSSR count). The van der Waals surface area contributed by atoms with Gasteiger partial charge in [-0.25, -0.2) is 0 Å².